The minimum absolute atomic E-state index is 0.0512. The van der Waals surface area contributed by atoms with Crippen molar-refractivity contribution in [1.82, 2.24) is 9.97 Å². The fraction of sp³-hybridized carbons (Fsp3) is 0.308. The highest BCUT2D eigenvalue weighted by molar-refractivity contribution is 7.92. The molecule has 0 bridgehead atoms. The van der Waals surface area contributed by atoms with Crippen molar-refractivity contribution >= 4 is 15.7 Å². The Morgan fingerprint density at radius 1 is 1.33 bits per heavy atom. The number of nitrogens with one attached hydrogen (secondary N) is 1. The number of nitrogens with two attached hydrogens (primary N) is 1. The van der Waals surface area contributed by atoms with Gasteiger partial charge in [-0.1, -0.05) is 0 Å². The zero-order valence-corrected chi connectivity index (χ0v) is 12.5. The standard InChI is InChI=1S/C13H18N4O3S/c1-20-12-5-3-11(4-6-12)17(8-2-7-14)21(18,19)13-9-15-10-16-13/h3-6,9-10H,2,7-8,14H2,1H3,(H,15,16). The Morgan fingerprint density at radius 2 is 2.05 bits per heavy atom. The predicted molar refractivity (Wildman–Crippen MR) is 79.8 cm³/mol. The van der Waals surface area contributed by atoms with Crippen LogP contribution in [-0.2, 0) is 10.0 Å². The molecule has 21 heavy (non-hydrogen) atoms. The Morgan fingerprint density at radius 3 is 2.57 bits per heavy atom. The second-order valence-corrected chi connectivity index (χ2v) is 6.16. The summed E-state index contributed by atoms with van der Waals surface area (Å²) in [6.07, 6.45) is 3.18. The van der Waals surface area contributed by atoms with Gasteiger partial charge in [-0.15, -0.1) is 0 Å². The second-order valence-electron chi connectivity index (χ2n) is 4.33. The lowest BCUT2D eigenvalue weighted by atomic mass is 10.3. The average Bonchev–Trinajstić information content (AvgIpc) is 3.03. The van der Waals surface area contributed by atoms with Crippen LogP contribution < -0.4 is 14.8 Å². The fourth-order valence-corrected chi connectivity index (χ4v) is 3.28. The van der Waals surface area contributed by atoms with Crippen molar-refractivity contribution in [2.75, 3.05) is 24.5 Å². The van der Waals surface area contributed by atoms with Gasteiger partial charge in [0.15, 0.2) is 5.03 Å². The SMILES string of the molecule is COc1ccc(N(CCCN)S(=O)(=O)c2cnc[nH]2)cc1. The van der Waals surface area contributed by atoms with E-state index in [4.69, 9.17) is 10.5 Å². The molecule has 0 saturated carbocycles. The van der Waals surface area contributed by atoms with E-state index in [0.717, 1.165) is 0 Å². The number of anilines is 1. The molecule has 0 radical (unpaired) electrons. The number of sulfonamides is 1. The molecule has 0 unspecified atom stereocenters. The maximum absolute atomic E-state index is 12.6. The number of aromatic amines is 1. The summed E-state index contributed by atoms with van der Waals surface area (Å²) in [6.45, 7) is 0.704. The van der Waals surface area contributed by atoms with Gasteiger partial charge in [0.2, 0.25) is 0 Å². The van der Waals surface area contributed by atoms with E-state index in [1.807, 2.05) is 0 Å². The Bertz CT molecular complexity index is 653. The van der Waals surface area contributed by atoms with Crippen molar-refractivity contribution in [3.63, 3.8) is 0 Å². The van der Waals surface area contributed by atoms with E-state index < -0.39 is 10.0 Å². The highest BCUT2D eigenvalue weighted by atomic mass is 32.2. The van der Waals surface area contributed by atoms with Crippen LogP contribution in [-0.4, -0.2) is 38.6 Å². The number of methoxy groups -OCH3 is 1. The van der Waals surface area contributed by atoms with Gasteiger partial charge in [-0.05, 0) is 37.2 Å². The Labute approximate surface area is 123 Å². The maximum atomic E-state index is 12.6. The summed E-state index contributed by atoms with van der Waals surface area (Å²) in [5, 5.41) is 0.0512. The Balaban J connectivity index is 2.37. The highest BCUT2D eigenvalue weighted by Gasteiger charge is 2.25. The van der Waals surface area contributed by atoms with Crippen LogP contribution in [0.5, 0.6) is 5.75 Å². The monoisotopic (exact) mass is 310 g/mol. The van der Waals surface area contributed by atoms with Crippen molar-refractivity contribution in [1.29, 1.82) is 0 Å². The predicted octanol–water partition coefficient (Wildman–Crippen LogP) is 0.962. The summed E-state index contributed by atoms with van der Waals surface area (Å²) < 4.78 is 31.7. The van der Waals surface area contributed by atoms with Crippen LogP contribution in [0.3, 0.4) is 0 Å². The number of hydrogen-bond acceptors (Lipinski definition) is 5. The minimum atomic E-state index is -3.68. The fourth-order valence-electron chi connectivity index (χ4n) is 1.87. The molecule has 1 heterocycles. The first-order valence-corrected chi connectivity index (χ1v) is 7.89. The molecule has 7 nitrogen and oxygen atoms in total. The average molecular weight is 310 g/mol. The van der Waals surface area contributed by atoms with Crippen LogP contribution in [0.1, 0.15) is 6.42 Å². The lowest BCUT2D eigenvalue weighted by Crippen LogP contribution is -2.33. The van der Waals surface area contributed by atoms with E-state index in [1.54, 1.807) is 31.4 Å². The molecule has 0 amide bonds. The van der Waals surface area contributed by atoms with Gasteiger partial charge >= 0.3 is 0 Å². The molecule has 3 N–H and O–H groups in total. The summed E-state index contributed by atoms with van der Waals surface area (Å²) in [5.74, 6) is 0.663. The number of ether oxygens (including phenoxy) is 1. The van der Waals surface area contributed by atoms with E-state index in [2.05, 4.69) is 9.97 Å². The van der Waals surface area contributed by atoms with Crippen molar-refractivity contribution in [3.8, 4) is 5.75 Å². The summed E-state index contributed by atoms with van der Waals surface area (Å²) in [5.41, 5.74) is 6.06. The van der Waals surface area contributed by atoms with Crippen LogP contribution in [0, 0.1) is 0 Å². The molecular formula is C13H18N4O3S. The van der Waals surface area contributed by atoms with E-state index in [9.17, 15) is 8.42 Å². The van der Waals surface area contributed by atoms with Gasteiger partial charge in [0, 0.05) is 6.54 Å². The normalized spacial score (nSPS) is 11.3. The van der Waals surface area contributed by atoms with Gasteiger partial charge in [0.25, 0.3) is 10.0 Å². The largest absolute Gasteiger partial charge is 0.497 e. The van der Waals surface area contributed by atoms with Gasteiger partial charge in [-0.3, -0.25) is 4.31 Å². The molecule has 0 saturated heterocycles. The third-order valence-electron chi connectivity index (χ3n) is 2.97. The topological polar surface area (TPSA) is 101 Å². The number of benzene rings is 1. The smallest absolute Gasteiger partial charge is 0.281 e. The van der Waals surface area contributed by atoms with E-state index in [-0.39, 0.29) is 5.03 Å². The summed E-state index contributed by atoms with van der Waals surface area (Å²) >= 11 is 0. The van der Waals surface area contributed by atoms with Gasteiger partial charge in [-0.25, -0.2) is 4.98 Å². The van der Waals surface area contributed by atoms with Crippen LogP contribution in [0.4, 0.5) is 5.69 Å². The van der Waals surface area contributed by atoms with Crippen molar-refractivity contribution in [2.24, 2.45) is 5.73 Å². The van der Waals surface area contributed by atoms with Gasteiger partial charge in [0.1, 0.15) is 5.75 Å². The summed E-state index contributed by atoms with van der Waals surface area (Å²) in [7, 11) is -2.13. The maximum Gasteiger partial charge on any atom is 0.281 e. The molecule has 0 atom stereocenters. The molecule has 0 aliphatic heterocycles. The molecule has 8 heteroatoms. The Kier molecular flexibility index (Phi) is 4.81. The zero-order valence-electron chi connectivity index (χ0n) is 11.7. The molecular weight excluding hydrogens is 292 g/mol. The molecule has 0 aliphatic carbocycles. The molecule has 2 aromatic rings. The number of imidazole rings is 1. The molecule has 114 valence electrons. The first-order chi connectivity index (χ1) is 10.1. The van der Waals surface area contributed by atoms with Crippen molar-refractivity contribution < 1.29 is 13.2 Å². The lowest BCUT2D eigenvalue weighted by Gasteiger charge is -2.23. The third kappa shape index (κ3) is 3.34. The second kappa shape index (κ2) is 6.59. The lowest BCUT2D eigenvalue weighted by molar-refractivity contribution is 0.415. The van der Waals surface area contributed by atoms with E-state index >= 15 is 0 Å². The summed E-state index contributed by atoms with van der Waals surface area (Å²) in [6, 6.07) is 6.83. The van der Waals surface area contributed by atoms with Gasteiger partial charge < -0.3 is 15.5 Å². The number of rotatable bonds is 7. The summed E-state index contributed by atoms with van der Waals surface area (Å²) in [4.78, 5) is 6.40. The molecule has 1 aromatic carbocycles. The van der Waals surface area contributed by atoms with Crippen molar-refractivity contribution in [2.45, 2.75) is 11.4 Å². The zero-order chi connectivity index (χ0) is 15.3. The van der Waals surface area contributed by atoms with Crippen LogP contribution in [0.2, 0.25) is 0 Å². The van der Waals surface area contributed by atoms with E-state index in [0.29, 0.717) is 30.9 Å². The molecule has 0 aliphatic rings. The van der Waals surface area contributed by atoms with Crippen LogP contribution in [0.15, 0.2) is 41.8 Å². The number of hydrogen-bond donors (Lipinski definition) is 2. The number of nitrogens with zero attached hydrogens (tertiary/aromatic N) is 2. The molecule has 0 spiro atoms. The van der Waals surface area contributed by atoms with Crippen molar-refractivity contribution in [3.05, 3.63) is 36.8 Å². The van der Waals surface area contributed by atoms with E-state index in [1.165, 1.54) is 16.8 Å². The minimum Gasteiger partial charge on any atom is -0.497 e. The highest BCUT2D eigenvalue weighted by Crippen LogP contribution is 2.24. The first-order valence-electron chi connectivity index (χ1n) is 6.45. The molecule has 0 fully saturated rings. The third-order valence-corrected chi connectivity index (χ3v) is 4.72. The van der Waals surface area contributed by atoms with Gasteiger partial charge in [-0.2, -0.15) is 8.42 Å². The Hall–Kier alpha value is -2.06. The van der Waals surface area contributed by atoms with Crippen LogP contribution in [0.25, 0.3) is 0 Å². The molecule has 2 rings (SSSR count). The van der Waals surface area contributed by atoms with Crippen LogP contribution >= 0.6 is 0 Å². The first kappa shape index (κ1) is 15.3. The van der Waals surface area contributed by atoms with Gasteiger partial charge in [0.05, 0.1) is 25.3 Å². The number of aromatic nitrogens is 2. The molecule has 1 aromatic heterocycles. The number of H-pyrrole nitrogens is 1. The quantitative estimate of drug-likeness (QED) is 0.793.